The van der Waals surface area contributed by atoms with Crippen LogP contribution in [0.2, 0.25) is 10.0 Å². The van der Waals surface area contributed by atoms with Crippen LogP contribution in [0.4, 0.5) is 0 Å². The molecule has 4 nitrogen and oxygen atoms in total. The maximum Gasteiger partial charge on any atom is 0.258 e. The molecule has 100 valence electrons. The van der Waals surface area contributed by atoms with Crippen LogP contribution in [-0.4, -0.2) is 23.2 Å². The number of nitrogens with one attached hydrogen (secondary N) is 1. The molecule has 0 unspecified atom stereocenters. The molecule has 1 saturated heterocycles. The van der Waals surface area contributed by atoms with Gasteiger partial charge < -0.3 is 9.84 Å². The van der Waals surface area contributed by atoms with Crippen molar-refractivity contribution >= 4 is 23.2 Å². The summed E-state index contributed by atoms with van der Waals surface area (Å²) in [6.07, 6.45) is 2.07. The summed E-state index contributed by atoms with van der Waals surface area (Å²) in [5.41, 5.74) is 0.755. The van der Waals surface area contributed by atoms with Gasteiger partial charge in [-0.2, -0.15) is 4.98 Å². The first kappa shape index (κ1) is 12.9. The standard InChI is InChI=1S/C13H13Cl2N3O/c14-10-5-9(6-11(15)7-10)13-17-12(18-19-13)8-1-3-16-4-2-8/h5-8,16H,1-4H2. The summed E-state index contributed by atoms with van der Waals surface area (Å²) in [4.78, 5) is 4.46. The van der Waals surface area contributed by atoms with Crippen LogP contribution in [0.1, 0.15) is 24.6 Å². The smallest absolute Gasteiger partial charge is 0.258 e. The van der Waals surface area contributed by atoms with Gasteiger partial charge in [-0.3, -0.25) is 0 Å². The predicted molar refractivity (Wildman–Crippen MR) is 74.6 cm³/mol. The molecule has 1 aromatic carbocycles. The second-order valence-electron chi connectivity index (χ2n) is 4.64. The van der Waals surface area contributed by atoms with Gasteiger partial charge in [0.1, 0.15) is 0 Å². The lowest BCUT2D eigenvalue weighted by Crippen LogP contribution is -2.27. The molecule has 19 heavy (non-hydrogen) atoms. The highest BCUT2D eigenvalue weighted by Gasteiger charge is 2.21. The van der Waals surface area contributed by atoms with E-state index < -0.39 is 0 Å². The van der Waals surface area contributed by atoms with Gasteiger partial charge in [-0.25, -0.2) is 0 Å². The van der Waals surface area contributed by atoms with E-state index in [0.29, 0.717) is 21.9 Å². The number of halogens is 2. The third kappa shape index (κ3) is 2.91. The number of hydrogen-bond acceptors (Lipinski definition) is 4. The number of hydrogen-bond donors (Lipinski definition) is 1. The summed E-state index contributed by atoms with van der Waals surface area (Å²) in [5, 5.41) is 8.51. The number of nitrogens with zero attached hydrogens (tertiary/aromatic N) is 2. The van der Waals surface area contributed by atoms with Crippen molar-refractivity contribution in [3.63, 3.8) is 0 Å². The van der Waals surface area contributed by atoms with Gasteiger partial charge in [-0.1, -0.05) is 28.4 Å². The quantitative estimate of drug-likeness (QED) is 0.921. The molecule has 0 amide bonds. The van der Waals surface area contributed by atoms with Crippen LogP contribution in [0.15, 0.2) is 22.7 Å². The van der Waals surface area contributed by atoms with Crippen molar-refractivity contribution in [3.05, 3.63) is 34.1 Å². The molecule has 0 radical (unpaired) electrons. The molecule has 0 bridgehead atoms. The molecule has 0 spiro atoms. The molecule has 0 saturated carbocycles. The van der Waals surface area contributed by atoms with Gasteiger partial charge in [0.15, 0.2) is 5.82 Å². The van der Waals surface area contributed by atoms with Crippen LogP contribution < -0.4 is 5.32 Å². The van der Waals surface area contributed by atoms with Crippen molar-refractivity contribution < 1.29 is 4.52 Å². The summed E-state index contributed by atoms with van der Waals surface area (Å²) >= 11 is 11.9. The Labute approximate surface area is 121 Å². The van der Waals surface area contributed by atoms with Gasteiger partial charge in [-0.05, 0) is 44.1 Å². The Balaban J connectivity index is 1.87. The van der Waals surface area contributed by atoms with Crippen molar-refractivity contribution in [1.29, 1.82) is 0 Å². The highest BCUT2D eigenvalue weighted by molar-refractivity contribution is 6.35. The van der Waals surface area contributed by atoms with Crippen LogP contribution in [-0.2, 0) is 0 Å². The summed E-state index contributed by atoms with van der Waals surface area (Å²) in [5.74, 6) is 1.61. The highest BCUT2D eigenvalue weighted by atomic mass is 35.5. The largest absolute Gasteiger partial charge is 0.334 e. The Morgan fingerprint density at radius 2 is 1.79 bits per heavy atom. The predicted octanol–water partition coefficient (Wildman–Crippen LogP) is 3.51. The molecule has 0 atom stereocenters. The van der Waals surface area contributed by atoms with E-state index >= 15 is 0 Å². The zero-order valence-corrected chi connectivity index (χ0v) is 11.7. The van der Waals surface area contributed by atoms with Gasteiger partial charge >= 0.3 is 0 Å². The first-order valence-corrected chi connectivity index (χ1v) is 6.99. The average molecular weight is 298 g/mol. The third-order valence-corrected chi connectivity index (χ3v) is 3.69. The molecule has 2 aromatic rings. The van der Waals surface area contributed by atoms with Crippen molar-refractivity contribution in [2.45, 2.75) is 18.8 Å². The van der Waals surface area contributed by atoms with Gasteiger partial charge in [0, 0.05) is 21.5 Å². The molecule has 6 heteroatoms. The third-order valence-electron chi connectivity index (χ3n) is 3.26. The molecule has 1 aliphatic heterocycles. The lowest BCUT2D eigenvalue weighted by molar-refractivity contribution is 0.392. The molecule has 1 aromatic heterocycles. The van der Waals surface area contributed by atoms with Crippen molar-refractivity contribution in [2.24, 2.45) is 0 Å². The molecule has 0 aliphatic carbocycles. The fourth-order valence-electron chi connectivity index (χ4n) is 2.28. The number of rotatable bonds is 2. The molecular weight excluding hydrogens is 285 g/mol. The van der Waals surface area contributed by atoms with E-state index in [2.05, 4.69) is 15.5 Å². The minimum Gasteiger partial charge on any atom is -0.334 e. The van der Waals surface area contributed by atoms with E-state index in [-0.39, 0.29) is 0 Å². The summed E-state index contributed by atoms with van der Waals surface area (Å²) < 4.78 is 5.32. The Bertz CT molecular complexity index is 559. The van der Waals surface area contributed by atoms with Gasteiger partial charge in [0.2, 0.25) is 0 Å². The van der Waals surface area contributed by atoms with Crippen LogP contribution in [0, 0.1) is 0 Å². The van der Waals surface area contributed by atoms with Crippen molar-refractivity contribution in [3.8, 4) is 11.5 Å². The Kier molecular flexibility index (Phi) is 3.73. The monoisotopic (exact) mass is 297 g/mol. The van der Waals surface area contributed by atoms with Gasteiger partial charge in [0.05, 0.1) is 0 Å². The fraction of sp³-hybridized carbons (Fsp3) is 0.385. The first-order valence-electron chi connectivity index (χ1n) is 6.23. The molecular formula is C13H13Cl2N3O. The second-order valence-corrected chi connectivity index (χ2v) is 5.51. The number of benzene rings is 1. The van der Waals surface area contributed by atoms with Crippen LogP contribution in [0.5, 0.6) is 0 Å². The maximum atomic E-state index is 5.97. The normalized spacial score (nSPS) is 16.7. The first-order chi connectivity index (χ1) is 9.22. The zero-order chi connectivity index (χ0) is 13.2. The van der Waals surface area contributed by atoms with Crippen LogP contribution in [0.25, 0.3) is 11.5 Å². The topological polar surface area (TPSA) is 51.0 Å². The van der Waals surface area contributed by atoms with Crippen molar-refractivity contribution in [2.75, 3.05) is 13.1 Å². The highest BCUT2D eigenvalue weighted by Crippen LogP contribution is 2.28. The summed E-state index contributed by atoms with van der Waals surface area (Å²) in [7, 11) is 0. The van der Waals surface area contributed by atoms with E-state index in [9.17, 15) is 0 Å². The van der Waals surface area contributed by atoms with Crippen molar-refractivity contribution in [1.82, 2.24) is 15.5 Å². The molecule has 1 fully saturated rings. The summed E-state index contributed by atoms with van der Waals surface area (Å²) in [6, 6.07) is 5.22. The fourth-order valence-corrected chi connectivity index (χ4v) is 2.80. The lowest BCUT2D eigenvalue weighted by atomic mass is 9.98. The van der Waals surface area contributed by atoms with Gasteiger partial charge in [-0.15, -0.1) is 0 Å². The number of piperidine rings is 1. The average Bonchev–Trinajstić information content (AvgIpc) is 2.88. The molecule has 3 rings (SSSR count). The van der Waals surface area contributed by atoms with Crippen LogP contribution in [0.3, 0.4) is 0 Å². The molecule has 1 N–H and O–H groups in total. The minimum atomic E-state index is 0.369. The van der Waals surface area contributed by atoms with E-state index in [1.54, 1.807) is 18.2 Å². The van der Waals surface area contributed by atoms with Crippen LogP contribution >= 0.6 is 23.2 Å². The summed E-state index contributed by atoms with van der Waals surface area (Å²) in [6.45, 7) is 2.00. The van der Waals surface area contributed by atoms with Gasteiger partial charge in [0.25, 0.3) is 5.89 Å². The maximum absolute atomic E-state index is 5.97. The minimum absolute atomic E-state index is 0.369. The SMILES string of the molecule is Clc1cc(Cl)cc(-c2nc(C3CCNCC3)no2)c1. The molecule has 2 heterocycles. The second kappa shape index (κ2) is 5.49. The number of aromatic nitrogens is 2. The van der Waals surface area contributed by atoms with E-state index in [1.807, 2.05) is 0 Å². The molecule has 1 aliphatic rings. The Morgan fingerprint density at radius 3 is 2.47 bits per heavy atom. The lowest BCUT2D eigenvalue weighted by Gasteiger charge is -2.18. The zero-order valence-electron chi connectivity index (χ0n) is 10.2. The van der Waals surface area contributed by atoms with E-state index in [0.717, 1.165) is 37.3 Å². The Morgan fingerprint density at radius 1 is 1.11 bits per heavy atom. The van der Waals surface area contributed by atoms with E-state index in [1.165, 1.54) is 0 Å². The van der Waals surface area contributed by atoms with E-state index in [4.69, 9.17) is 27.7 Å². The Hall–Kier alpha value is -1.10.